The van der Waals surface area contributed by atoms with E-state index in [1.54, 1.807) is 31.2 Å². The molecule has 134 valence electrons. The number of allylic oxidation sites excluding steroid dienone is 1. The zero-order valence-electron chi connectivity index (χ0n) is 14.5. The highest BCUT2D eigenvalue weighted by Crippen LogP contribution is 2.25. The number of ether oxygens (including phenoxy) is 1. The van der Waals surface area contributed by atoms with Crippen LogP contribution >= 0.6 is 0 Å². The fourth-order valence-electron chi connectivity index (χ4n) is 2.82. The second-order valence-electron chi connectivity index (χ2n) is 5.92. The Morgan fingerprint density at radius 2 is 1.89 bits per heavy atom. The Balaban J connectivity index is 1.90. The van der Waals surface area contributed by atoms with Crippen LogP contribution in [0.4, 0.5) is 0 Å². The van der Waals surface area contributed by atoms with Gasteiger partial charge in [-0.1, -0.05) is 30.3 Å². The molecule has 6 nitrogen and oxygen atoms in total. The third-order valence-electron chi connectivity index (χ3n) is 4.04. The third-order valence-corrected chi connectivity index (χ3v) is 4.04. The molecule has 0 fully saturated rings. The average Bonchev–Trinajstić information content (AvgIpc) is 3.00. The van der Waals surface area contributed by atoms with Crippen LogP contribution in [-0.2, 0) is 4.79 Å². The number of H-pyrrole nitrogens is 1. The maximum atomic E-state index is 12.9. The zero-order valence-corrected chi connectivity index (χ0v) is 14.5. The van der Waals surface area contributed by atoms with Gasteiger partial charge in [0.2, 0.25) is 5.78 Å². The first-order valence-corrected chi connectivity index (χ1v) is 8.18. The number of carbonyl (C=O) groups excluding carboxylic acids is 1. The number of rotatable bonds is 6. The molecule has 3 rings (SSSR count). The first-order chi connectivity index (χ1) is 13.0. The molecule has 1 aromatic heterocycles. The summed E-state index contributed by atoms with van der Waals surface area (Å²) in [5.41, 5.74) is 2.69. The van der Waals surface area contributed by atoms with Gasteiger partial charge in [0.25, 0.3) is 0 Å². The largest absolute Gasteiger partial charge is 0.482 e. The molecule has 27 heavy (non-hydrogen) atoms. The topological polar surface area (TPSA) is 103 Å². The van der Waals surface area contributed by atoms with E-state index in [-0.39, 0.29) is 11.4 Å². The highest BCUT2D eigenvalue weighted by atomic mass is 16.5. The minimum Gasteiger partial charge on any atom is -0.482 e. The Kier molecular flexibility index (Phi) is 5.04. The van der Waals surface area contributed by atoms with E-state index in [0.29, 0.717) is 22.6 Å². The smallest absolute Gasteiger partial charge is 0.341 e. The van der Waals surface area contributed by atoms with Crippen molar-refractivity contribution in [3.63, 3.8) is 0 Å². The number of carboxylic acids is 1. The maximum absolute atomic E-state index is 12.9. The lowest BCUT2D eigenvalue weighted by Gasteiger charge is -2.04. The van der Waals surface area contributed by atoms with Gasteiger partial charge in [0, 0.05) is 16.6 Å². The number of carboxylic acid groups (broad SMARTS) is 1. The monoisotopic (exact) mass is 360 g/mol. The molecule has 0 atom stereocenters. The number of aromatic nitrogens is 1. The van der Waals surface area contributed by atoms with Crippen LogP contribution in [0.3, 0.4) is 0 Å². The summed E-state index contributed by atoms with van der Waals surface area (Å²) in [7, 11) is 0. The molecule has 3 aromatic rings. The molecule has 0 aliphatic carbocycles. The van der Waals surface area contributed by atoms with Crippen molar-refractivity contribution in [1.82, 2.24) is 4.98 Å². The predicted molar refractivity (Wildman–Crippen MR) is 101 cm³/mol. The van der Waals surface area contributed by atoms with E-state index in [9.17, 15) is 14.9 Å². The number of Topliss-reactive ketones (excluding diaryl/α,β-unsaturated/α-hetero) is 1. The van der Waals surface area contributed by atoms with Crippen molar-refractivity contribution in [2.75, 3.05) is 6.61 Å². The molecule has 0 spiro atoms. The Morgan fingerprint density at radius 3 is 2.56 bits per heavy atom. The summed E-state index contributed by atoms with van der Waals surface area (Å²) in [6.07, 6.45) is 1.50. The zero-order chi connectivity index (χ0) is 19.4. The van der Waals surface area contributed by atoms with Gasteiger partial charge in [-0.2, -0.15) is 5.26 Å². The van der Waals surface area contributed by atoms with Crippen LogP contribution in [-0.4, -0.2) is 28.4 Å². The lowest BCUT2D eigenvalue weighted by Crippen LogP contribution is -2.09. The Hall–Kier alpha value is -3.85. The van der Waals surface area contributed by atoms with Crippen LogP contribution in [0.25, 0.3) is 17.0 Å². The van der Waals surface area contributed by atoms with Gasteiger partial charge in [0.1, 0.15) is 17.4 Å². The van der Waals surface area contributed by atoms with Crippen molar-refractivity contribution < 1.29 is 19.4 Å². The van der Waals surface area contributed by atoms with Crippen molar-refractivity contribution in [2.45, 2.75) is 6.92 Å². The number of aromatic amines is 1. The van der Waals surface area contributed by atoms with E-state index in [0.717, 1.165) is 10.9 Å². The fraction of sp³-hybridized carbons (Fsp3) is 0.0952. The van der Waals surface area contributed by atoms with Crippen LogP contribution in [0.5, 0.6) is 5.75 Å². The van der Waals surface area contributed by atoms with Gasteiger partial charge in [-0.3, -0.25) is 4.79 Å². The predicted octanol–water partition coefficient (Wildman–Crippen LogP) is 3.73. The molecule has 0 saturated carbocycles. The number of aliphatic carboxylic acids is 1. The van der Waals surface area contributed by atoms with E-state index >= 15 is 0 Å². The summed E-state index contributed by atoms with van der Waals surface area (Å²) >= 11 is 0. The van der Waals surface area contributed by atoms with Gasteiger partial charge in [-0.15, -0.1) is 0 Å². The van der Waals surface area contributed by atoms with Crippen molar-refractivity contribution in [2.24, 2.45) is 0 Å². The molecular weight excluding hydrogens is 344 g/mol. The maximum Gasteiger partial charge on any atom is 0.341 e. The first-order valence-electron chi connectivity index (χ1n) is 8.18. The standard InChI is InChI=1S/C21H16N2O4/c1-13-20(17-4-2-3-5-18(17)23-13)21(26)15(11-22)10-14-6-8-16(9-7-14)27-12-19(24)25/h2-10,23H,12H2,1H3,(H,24,25)/b15-10-. The molecule has 0 bridgehead atoms. The SMILES string of the molecule is Cc1[nH]c2ccccc2c1C(=O)/C(C#N)=C\c1ccc(OCC(=O)O)cc1. The lowest BCUT2D eigenvalue weighted by molar-refractivity contribution is -0.139. The minimum absolute atomic E-state index is 0.0158. The highest BCUT2D eigenvalue weighted by molar-refractivity contribution is 6.20. The number of fused-ring (bicyclic) bond motifs is 1. The summed E-state index contributed by atoms with van der Waals surface area (Å²) in [5, 5.41) is 18.9. The Bertz CT molecular complexity index is 1090. The summed E-state index contributed by atoms with van der Waals surface area (Å²) in [6.45, 7) is 1.37. The second kappa shape index (κ2) is 7.58. The van der Waals surface area contributed by atoms with E-state index in [1.807, 2.05) is 30.3 Å². The minimum atomic E-state index is -1.06. The summed E-state index contributed by atoms with van der Waals surface area (Å²) < 4.78 is 5.07. The molecular formula is C21H16N2O4. The van der Waals surface area contributed by atoms with Crippen LogP contribution in [0, 0.1) is 18.3 Å². The molecule has 2 N–H and O–H groups in total. The molecule has 0 unspecified atom stereocenters. The molecule has 0 amide bonds. The van der Waals surface area contributed by atoms with Crippen molar-refractivity contribution in [1.29, 1.82) is 5.26 Å². The molecule has 0 saturated heterocycles. The van der Waals surface area contributed by atoms with Crippen molar-refractivity contribution in [3.05, 3.63) is 70.9 Å². The lowest BCUT2D eigenvalue weighted by atomic mass is 9.99. The van der Waals surface area contributed by atoms with E-state index in [1.165, 1.54) is 6.08 Å². The number of hydrogen-bond acceptors (Lipinski definition) is 4. The fourth-order valence-corrected chi connectivity index (χ4v) is 2.82. The number of carbonyl (C=O) groups is 2. The van der Waals surface area contributed by atoms with E-state index in [4.69, 9.17) is 9.84 Å². The molecule has 6 heteroatoms. The van der Waals surface area contributed by atoms with Gasteiger partial charge in [-0.05, 0) is 36.8 Å². The summed E-state index contributed by atoms with van der Waals surface area (Å²) in [5.74, 6) is -1.02. The number of nitrogens with one attached hydrogen (secondary N) is 1. The first kappa shape index (κ1) is 18.0. The van der Waals surface area contributed by atoms with Crippen LogP contribution in [0.1, 0.15) is 21.6 Å². The van der Waals surface area contributed by atoms with E-state index < -0.39 is 12.6 Å². The molecule has 2 aromatic carbocycles. The second-order valence-corrected chi connectivity index (χ2v) is 5.92. The van der Waals surface area contributed by atoms with Gasteiger partial charge < -0.3 is 14.8 Å². The number of hydrogen-bond donors (Lipinski definition) is 2. The molecule has 0 radical (unpaired) electrons. The van der Waals surface area contributed by atoms with Gasteiger partial charge in [0.05, 0.1) is 5.56 Å². The number of nitriles is 1. The summed E-state index contributed by atoms with van der Waals surface area (Å²) in [4.78, 5) is 26.6. The van der Waals surface area contributed by atoms with Crippen LogP contribution < -0.4 is 4.74 Å². The number of nitrogens with zero attached hydrogens (tertiary/aromatic N) is 1. The normalized spacial score (nSPS) is 11.2. The molecule has 1 heterocycles. The van der Waals surface area contributed by atoms with Crippen molar-refractivity contribution >= 4 is 28.7 Å². The number of aryl methyl sites for hydroxylation is 1. The number of ketones is 1. The summed E-state index contributed by atoms with van der Waals surface area (Å²) in [6, 6.07) is 15.9. The van der Waals surface area contributed by atoms with Crippen LogP contribution in [0.2, 0.25) is 0 Å². The molecule has 0 aliphatic heterocycles. The van der Waals surface area contributed by atoms with E-state index in [2.05, 4.69) is 4.98 Å². The quantitative estimate of drug-likeness (QED) is 0.396. The number of para-hydroxylation sites is 1. The average molecular weight is 360 g/mol. The Labute approximate surface area is 155 Å². The van der Waals surface area contributed by atoms with Crippen LogP contribution in [0.15, 0.2) is 54.1 Å². The Morgan fingerprint density at radius 1 is 1.19 bits per heavy atom. The van der Waals surface area contributed by atoms with Gasteiger partial charge in [-0.25, -0.2) is 4.79 Å². The van der Waals surface area contributed by atoms with Gasteiger partial charge >= 0.3 is 5.97 Å². The molecule has 0 aliphatic rings. The highest BCUT2D eigenvalue weighted by Gasteiger charge is 2.19. The van der Waals surface area contributed by atoms with Crippen molar-refractivity contribution in [3.8, 4) is 11.8 Å². The third kappa shape index (κ3) is 3.88. The van der Waals surface area contributed by atoms with Gasteiger partial charge in [0.15, 0.2) is 6.61 Å². The number of benzene rings is 2.